The third-order valence-corrected chi connectivity index (χ3v) is 4.80. The van der Waals surface area contributed by atoms with E-state index >= 15 is 0 Å². The molecule has 2 heterocycles. The van der Waals surface area contributed by atoms with Crippen molar-refractivity contribution in [3.63, 3.8) is 0 Å². The molecule has 1 N–H and O–H groups in total. The molecule has 3 rings (SSSR count). The van der Waals surface area contributed by atoms with E-state index in [1.165, 1.54) is 11.6 Å². The number of rotatable bonds is 3. The van der Waals surface area contributed by atoms with Crippen molar-refractivity contribution < 1.29 is 4.79 Å². The Morgan fingerprint density at radius 2 is 1.76 bits per heavy atom. The molecule has 1 aromatic heterocycles. The van der Waals surface area contributed by atoms with E-state index in [9.17, 15) is 9.59 Å². The van der Waals surface area contributed by atoms with Crippen molar-refractivity contribution in [2.24, 2.45) is 0 Å². The summed E-state index contributed by atoms with van der Waals surface area (Å²) < 4.78 is 0. The normalized spacial score (nSPS) is 15.4. The van der Waals surface area contributed by atoms with Gasteiger partial charge in [0.25, 0.3) is 5.91 Å². The maximum atomic E-state index is 12.7. The van der Waals surface area contributed by atoms with Gasteiger partial charge >= 0.3 is 0 Å². The number of benzene rings is 1. The van der Waals surface area contributed by atoms with Crippen LogP contribution in [0.4, 0.5) is 0 Å². The minimum absolute atomic E-state index is 0.176. The Hall–Kier alpha value is -2.11. The zero-order valence-electron chi connectivity index (χ0n) is 14.5. The molecule has 1 saturated heterocycles. The fourth-order valence-corrected chi connectivity index (χ4v) is 3.35. The number of nitrogens with one attached hydrogen (secondary N) is 1. The number of hydrogen-bond acceptors (Lipinski definition) is 3. The van der Waals surface area contributed by atoms with Gasteiger partial charge in [-0.1, -0.05) is 23.7 Å². The van der Waals surface area contributed by atoms with Gasteiger partial charge in [-0.2, -0.15) is 0 Å². The molecule has 0 aliphatic carbocycles. The van der Waals surface area contributed by atoms with Crippen LogP contribution in [0, 0.1) is 13.8 Å². The highest BCUT2D eigenvalue weighted by Gasteiger charge is 2.25. The number of nitrogens with zero attached hydrogens (tertiary/aromatic N) is 2. The summed E-state index contributed by atoms with van der Waals surface area (Å²) >= 11 is 5.92. The summed E-state index contributed by atoms with van der Waals surface area (Å²) in [4.78, 5) is 32.1. The second kappa shape index (κ2) is 7.42. The molecule has 0 radical (unpaired) electrons. The quantitative estimate of drug-likeness (QED) is 0.916. The molecular formula is C19H22ClN3O2. The maximum absolute atomic E-state index is 12.7. The van der Waals surface area contributed by atoms with Crippen molar-refractivity contribution in [2.45, 2.75) is 20.4 Å². The molecule has 0 saturated carbocycles. The van der Waals surface area contributed by atoms with Gasteiger partial charge < -0.3 is 9.88 Å². The molecule has 1 amide bonds. The lowest BCUT2D eigenvalue weighted by atomic mass is 10.1. The van der Waals surface area contributed by atoms with Crippen LogP contribution < -0.4 is 5.43 Å². The summed E-state index contributed by atoms with van der Waals surface area (Å²) in [6.07, 6.45) is 0. The van der Waals surface area contributed by atoms with E-state index in [4.69, 9.17) is 11.6 Å². The van der Waals surface area contributed by atoms with Gasteiger partial charge in [0.15, 0.2) is 5.43 Å². The molecule has 0 spiro atoms. The number of aryl methyl sites for hydroxylation is 2. The van der Waals surface area contributed by atoms with Crippen LogP contribution in [0.1, 0.15) is 27.3 Å². The molecule has 0 unspecified atom stereocenters. The zero-order chi connectivity index (χ0) is 18.0. The Morgan fingerprint density at radius 3 is 2.36 bits per heavy atom. The fraction of sp³-hybridized carbons (Fsp3) is 0.368. The predicted octanol–water partition coefficient (Wildman–Crippen LogP) is 2.60. The van der Waals surface area contributed by atoms with Crippen molar-refractivity contribution in [3.8, 4) is 0 Å². The third-order valence-electron chi connectivity index (χ3n) is 4.55. The highest BCUT2D eigenvalue weighted by Crippen LogP contribution is 2.14. The number of hydrogen-bond donors (Lipinski definition) is 1. The zero-order valence-corrected chi connectivity index (χ0v) is 15.3. The van der Waals surface area contributed by atoms with Gasteiger partial charge in [-0.15, -0.1) is 0 Å². The first-order valence-corrected chi connectivity index (χ1v) is 8.78. The van der Waals surface area contributed by atoms with Crippen LogP contribution in [0.3, 0.4) is 0 Å². The van der Waals surface area contributed by atoms with E-state index < -0.39 is 0 Å². The molecule has 0 atom stereocenters. The van der Waals surface area contributed by atoms with E-state index in [1.54, 1.807) is 11.8 Å². The van der Waals surface area contributed by atoms with Crippen LogP contribution in [0.2, 0.25) is 5.02 Å². The van der Waals surface area contributed by atoms with Gasteiger partial charge in [0, 0.05) is 55.2 Å². The van der Waals surface area contributed by atoms with Crippen LogP contribution in [0.25, 0.3) is 0 Å². The van der Waals surface area contributed by atoms with Crippen molar-refractivity contribution in [3.05, 3.63) is 68.1 Å². The Labute approximate surface area is 152 Å². The van der Waals surface area contributed by atoms with Gasteiger partial charge in [0.2, 0.25) is 0 Å². The number of halogens is 1. The molecular weight excluding hydrogens is 338 g/mol. The number of aromatic nitrogens is 1. The number of carbonyl (C=O) groups excluding carboxylic acids is 1. The number of piperazine rings is 1. The lowest BCUT2D eigenvalue weighted by Gasteiger charge is -2.34. The topological polar surface area (TPSA) is 56.4 Å². The summed E-state index contributed by atoms with van der Waals surface area (Å²) in [5.41, 5.74) is 2.67. The molecule has 132 valence electrons. The number of aromatic amines is 1. The number of amides is 1. The summed E-state index contributed by atoms with van der Waals surface area (Å²) in [6.45, 7) is 7.26. The first-order chi connectivity index (χ1) is 11.9. The van der Waals surface area contributed by atoms with Crippen LogP contribution in [-0.4, -0.2) is 46.9 Å². The fourth-order valence-electron chi connectivity index (χ4n) is 3.23. The lowest BCUT2D eigenvalue weighted by molar-refractivity contribution is 0.0626. The first kappa shape index (κ1) is 17.7. The van der Waals surface area contributed by atoms with E-state index in [0.29, 0.717) is 18.8 Å². The monoisotopic (exact) mass is 359 g/mol. The highest BCUT2D eigenvalue weighted by atomic mass is 35.5. The minimum atomic E-state index is -0.206. The molecule has 1 aromatic carbocycles. The molecule has 0 bridgehead atoms. The highest BCUT2D eigenvalue weighted by molar-refractivity contribution is 6.30. The van der Waals surface area contributed by atoms with Crippen LogP contribution in [0.5, 0.6) is 0 Å². The summed E-state index contributed by atoms with van der Waals surface area (Å²) in [7, 11) is 0. The first-order valence-electron chi connectivity index (χ1n) is 8.40. The molecule has 5 nitrogen and oxygen atoms in total. The van der Waals surface area contributed by atoms with E-state index in [2.05, 4.69) is 9.88 Å². The molecule has 6 heteroatoms. The standard InChI is InChI=1S/C19H22ClN3O2/c1-13-11-17(24)18(14(2)21-13)19(25)23-9-7-22(8-10-23)12-15-3-5-16(20)6-4-15/h3-6,11H,7-10,12H2,1-2H3,(H,21,24). The molecule has 1 aliphatic rings. The van der Waals surface area contributed by atoms with Gasteiger partial charge in [0.05, 0.1) is 0 Å². The molecule has 1 aliphatic heterocycles. The van der Waals surface area contributed by atoms with Crippen LogP contribution in [0.15, 0.2) is 35.1 Å². The van der Waals surface area contributed by atoms with E-state index in [1.807, 2.05) is 31.2 Å². The molecule has 1 fully saturated rings. The Balaban J connectivity index is 1.63. The summed E-state index contributed by atoms with van der Waals surface area (Å²) in [6, 6.07) is 9.31. The Kier molecular flexibility index (Phi) is 5.25. The average molecular weight is 360 g/mol. The third kappa shape index (κ3) is 4.11. The average Bonchev–Trinajstić information content (AvgIpc) is 2.56. The van der Waals surface area contributed by atoms with Crippen LogP contribution >= 0.6 is 11.6 Å². The number of pyridine rings is 1. The van der Waals surface area contributed by atoms with Crippen molar-refractivity contribution in [1.29, 1.82) is 0 Å². The Bertz CT molecular complexity index is 822. The SMILES string of the molecule is Cc1cc(=O)c(C(=O)N2CCN(Cc3ccc(Cl)cc3)CC2)c(C)[nH]1. The van der Waals surface area contributed by atoms with Crippen molar-refractivity contribution >= 4 is 17.5 Å². The minimum Gasteiger partial charge on any atom is -0.362 e. The second-order valence-electron chi connectivity index (χ2n) is 6.51. The van der Waals surface area contributed by atoms with Crippen molar-refractivity contribution in [2.75, 3.05) is 26.2 Å². The number of carbonyl (C=O) groups is 1. The number of H-pyrrole nitrogens is 1. The van der Waals surface area contributed by atoms with E-state index in [0.717, 1.165) is 30.4 Å². The summed E-state index contributed by atoms with van der Waals surface area (Å²) in [5, 5.41) is 0.734. The van der Waals surface area contributed by atoms with Gasteiger partial charge in [-0.05, 0) is 31.5 Å². The lowest BCUT2D eigenvalue weighted by Crippen LogP contribution is -2.49. The van der Waals surface area contributed by atoms with Crippen LogP contribution in [-0.2, 0) is 6.54 Å². The van der Waals surface area contributed by atoms with Gasteiger partial charge in [-0.25, -0.2) is 0 Å². The second-order valence-corrected chi connectivity index (χ2v) is 6.95. The Morgan fingerprint density at radius 1 is 1.12 bits per heavy atom. The smallest absolute Gasteiger partial charge is 0.259 e. The van der Waals surface area contributed by atoms with Gasteiger partial charge in [-0.3, -0.25) is 14.5 Å². The summed E-state index contributed by atoms with van der Waals surface area (Å²) in [5.74, 6) is -0.176. The maximum Gasteiger partial charge on any atom is 0.259 e. The van der Waals surface area contributed by atoms with E-state index in [-0.39, 0.29) is 16.9 Å². The predicted molar refractivity (Wildman–Crippen MR) is 99.2 cm³/mol. The van der Waals surface area contributed by atoms with Crippen molar-refractivity contribution in [1.82, 2.24) is 14.8 Å². The largest absolute Gasteiger partial charge is 0.362 e. The molecule has 2 aromatic rings. The van der Waals surface area contributed by atoms with Gasteiger partial charge in [0.1, 0.15) is 5.56 Å². The molecule has 25 heavy (non-hydrogen) atoms.